The standard InChI is InChI=1S/C12H12BrClN2O2/c13-9-4-8(5-10(14)6-9)12(18)16-3-1-2-15-11(17)7-16/h4-6H,1-3,7H2,(H,15,17). The zero-order chi connectivity index (χ0) is 13.1. The lowest BCUT2D eigenvalue weighted by Gasteiger charge is -2.19. The third-order valence-corrected chi connectivity index (χ3v) is 3.33. The molecule has 1 aliphatic heterocycles. The first-order valence-electron chi connectivity index (χ1n) is 5.58. The zero-order valence-electron chi connectivity index (χ0n) is 9.58. The molecule has 0 bridgehead atoms. The van der Waals surface area contributed by atoms with Crippen molar-refractivity contribution in [3.05, 3.63) is 33.3 Å². The topological polar surface area (TPSA) is 49.4 Å². The molecule has 96 valence electrons. The van der Waals surface area contributed by atoms with Crippen molar-refractivity contribution in [2.75, 3.05) is 19.6 Å². The molecule has 2 rings (SSSR count). The highest BCUT2D eigenvalue weighted by Crippen LogP contribution is 2.20. The van der Waals surface area contributed by atoms with Gasteiger partial charge in [0.1, 0.15) is 0 Å². The van der Waals surface area contributed by atoms with Crippen LogP contribution in [0.25, 0.3) is 0 Å². The van der Waals surface area contributed by atoms with Crippen molar-refractivity contribution in [1.29, 1.82) is 0 Å². The monoisotopic (exact) mass is 330 g/mol. The molecule has 4 nitrogen and oxygen atoms in total. The van der Waals surface area contributed by atoms with Crippen molar-refractivity contribution in [1.82, 2.24) is 10.2 Å². The summed E-state index contributed by atoms with van der Waals surface area (Å²) in [6.45, 7) is 1.28. The number of benzene rings is 1. The maximum atomic E-state index is 12.3. The summed E-state index contributed by atoms with van der Waals surface area (Å²) in [6, 6.07) is 5.03. The number of rotatable bonds is 1. The molecular formula is C12H12BrClN2O2. The van der Waals surface area contributed by atoms with Gasteiger partial charge < -0.3 is 10.2 Å². The van der Waals surface area contributed by atoms with Crippen molar-refractivity contribution in [2.24, 2.45) is 0 Å². The largest absolute Gasteiger partial charge is 0.354 e. The van der Waals surface area contributed by atoms with E-state index >= 15 is 0 Å². The maximum absolute atomic E-state index is 12.3. The highest BCUT2D eigenvalue weighted by Gasteiger charge is 2.21. The molecule has 1 saturated heterocycles. The Labute approximate surface area is 118 Å². The summed E-state index contributed by atoms with van der Waals surface area (Å²) in [6.07, 6.45) is 0.763. The van der Waals surface area contributed by atoms with Crippen LogP contribution in [0.5, 0.6) is 0 Å². The van der Waals surface area contributed by atoms with Crippen LogP contribution in [0.2, 0.25) is 5.02 Å². The summed E-state index contributed by atoms with van der Waals surface area (Å²) in [4.78, 5) is 25.2. The Morgan fingerprint density at radius 1 is 1.39 bits per heavy atom. The molecule has 18 heavy (non-hydrogen) atoms. The van der Waals surface area contributed by atoms with Gasteiger partial charge >= 0.3 is 0 Å². The van der Waals surface area contributed by atoms with E-state index in [0.29, 0.717) is 23.7 Å². The molecule has 1 aromatic rings. The Hall–Kier alpha value is -1.07. The van der Waals surface area contributed by atoms with E-state index in [0.717, 1.165) is 10.9 Å². The van der Waals surface area contributed by atoms with E-state index in [2.05, 4.69) is 21.2 Å². The summed E-state index contributed by atoms with van der Waals surface area (Å²) in [5.74, 6) is -0.294. The second-order valence-corrected chi connectivity index (χ2v) is 5.44. The van der Waals surface area contributed by atoms with Gasteiger partial charge in [-0.25, -0.2) is 0 Å². The molecule has 1 aromatic carbocycles. The molecule has 0 atom stereocenters. The first-order valence-corrected chi connectivity index (χ1v) is 6.75. The van der Waals surface area contributed by atoms with Crippen LogP contribution in [0.4, 0.5) is 0 Å². The van der Waals surface area contributed by atoms with Crippen LogP contribution < -0.4 is 5.32 Å². The van der Waals surface area contributed by atoms with Crippen LogP contribution >= 0.6 is 27.5 Å². The highest BCUT2D eigenvalue weighted by atomic mass is 79.9. The molecule has 0 aliphatic carbocycles. The SMILES string of the molecule is O=C1CN(C(=O)c2cc(Cl)cc(Br)c2)CCCN1. The lowest BCUT2D eigenvalue weighted by molar-refractivity contribution is -0.121. The Balaban J connectivity index is 2.21. The van der Waals surface area contributed by atoms with Crippen molar-refractivity contribution in [2.45, 2.75) is 6.42 Å². The smallest absolute Gasteiger partial charge is 0.254 e. The summed E-state index contributed by atoms with van der Waals surface area (Å²) >= 11 is 9.21. The Kier molecular flexibility index (Phi) is 4.24. The van der Waals surface area contributed by atoms with E-state index in [9.17, 15) is 9.59 Å². The lowest BCUT2D eigenvalue weighted by atomic mass is 10.2. The fourth-order valence-electron chi connectivity index (χ4n) is 1.84. The Morgan fingerprint density at radius 2 is 2.17 bits per heavy atom. The number of amides is 2. The third-order valence-electron chi connectivity index (χ3n) is 2.66. The first kappa shape index (κ1) is 13.4. The van der Waals surface area contributed by atoms with Crippen LogP contribution in [0.15, 0.2) is 22.7 Å². The van der Waals surface area contributed by atoms with Gasteiger partial charge in [-0.3, -0.25) is 9.59 Å². The van der Waals surface area contributed by atoms with Gasteiger partial charge in [0.15, 0.2) is 0 Å². The minimum absolute atomic E-state index is 0.100. The van der Waals surface area contributed by atoms with E-state index in [1.54, 1.807) is 23.1 Å². The number of hydrogen-bond acceptors (Lipinski definition) is 2. The number of nitrogens with zero attached hydrogens (tertiary/aromatic N) is 1. The zero-order valence-corrected chi connectivity index (χ0v) is 11.9. The summed E-state index contributed by atoms with van der Waals surface area (Å²) in [7, 11) is 0. The van der Waals surface area contributed by atoms with E-state index < -0.39 is 0 Å². The quantitative estimate of drug-likeness (QED) is 0.856. The normalized spacial score (nSPS) is 16.1. The van der Waals surface area contributed by atoms with Gasteiger partial charge in [-0.1, -0.05) is 27.5 Å². The average Bonchev–Trinajstić information content (AvgIpc) is 2.51. The molecule has 1 fully saturated rings. The summed E-state index contributed by atoms with van der Waals surface area (Å²) in [5.41, 5.74) is 0.490. The van der Waals surface area contributed by atoms with Crippen LogP contribution in [0.3, 0.4) is 0 Å². The number of hydrogen-bond donors (Lipinski definition) is 1. The van der Waals surface area contributed by atoms with E-state index in [1.807, 2.05) is 0 Å². The molecule has 0 unspecified atom stereocenters. The van der Waals surface area contributed by atoms with Gasteiger partial charge in [0.05, 0.1) is 6.54 Å². The fourth-order valence-corrected chi connectivity index (χ4v) is 2.70. The number of nitrogens with one attached hydrogen (secondary N) is 1. The van der Waals surface area contributed by atoms with Crippen molar-refractivity contribution in [3.8, 4) is 0 Å². The van der Waals surface area contributed by atoms with Crippen LogP contribution in [-0.2, 0) is 4.79 Å². The fraction of sp³-hybridized carbons (Fsp3) is 0.333. The van der Waals surface area contributed by atoms with Gasteiger partial charge in [0, 0.05) is 28.1 Å². The first-order chi connectivity index (χ1) is 8.56. The van der Waals surface area contributed by atoms with Crippen LogP contribution in [0, 0.1) is 0 Å². The third kappa shape index (κ3) is 3.23. The average molecular weight is 332 g/mol. The minimum Gasteiger partial charge on any atom is -0.354 e. The minimum atomic E-state index is -0.171. The molecule has 0 aromatic heterocycles. The van der Waals surface area contributed by atoms with E-state index in [-0.39, 0.29) is 18.4 Å². The van der Waals surface area contributed by atoms with Crippen LogP contribution in [-0.4, -0.2) is 36.3 Å². The van der Waals surface area contributed by atoms with E-state index in [4.69, 9.17) is 11.6 Å². The maximum Gasteiger partial charge on any atom is 0.254 e. The molecule has 0 spiro atoms. The Morgan fingerprint density at radius 3 is 2.89 bits per heavy atom. The van der Waals surface area contributed by atoms with Crippen molar-refractivity contribution in [3.63, 3.8) is 0 Å². The summed E-state index contributed by atoms with van der Waals surface area (Å²) < 4.78 is 0.748. The number of carbonyl (C=O) groups is 2. The van der Waals surface area contributed by atoms with Crippen molar-refractivity contribution < 1.29 is 9.59 Å². The molecule has 2 amide bonds. The van der Waals surface area contributed by atoms with E-state index in [1.165, 1.54) is 0 Å². The van der Waals surface area contributed by atoms with Crippen molar-refractivity contribution >= 4 is 39.3 Å². The Bertz CT molecular complexity index is 473. The molecule has 0 radical (unpaired) electrons. The predicted octanol–water partition coefficient (Wildman–Crippen LogP) is 2.06. The lowest BCUT2D eigenvalue weighted by Crippen LogP contribution is -2.37. The molecule has 1 N–H and O–H groups in total. The molecule has 6 heteroatoms. The van der Waals surface area contributed by atoms with Crippen LogP contribution in [0.1, 0.15) is 16.8 Å². The molecule has 1 aliphatic rings. The second kappa shape index (κ2) is 5.71. The van der Waals surface area contributed by atoms with Gasteiger partial charge in [-0.05, 0) is 24.6 Å². The second-order valence-electron chi connectivity index (χ2n) is 4.09. The van der Waals surface area contributed by atoms with Gasteiger partial charge in [-0.2, -0.15) is 0 Å². The molecular weight excluding hydrogens is 320 g/mol. The summed E-state index contributed by atoms with van der Waals surface area (Å²) in [5, 5.41) is 3.23. The van der Waals surface area contributed by atoms with Gasteiger partial charge in [0.25, 0.3) is 5.91 Å². The highest BCUT2D eigenvalue weighted by molar-refractivity contribution is 9.10. The number of halogens is 2. The van der Waals surface area contributed by atoms with Gasteiger partial charge in [-0.15, -0.1) is 0 Å². The number of carbonyl (C=O) groups excluding carboxylic acids is 2. The van der Waals surface area contributed by atoms with Gasteiger partial charge in [0.2, 0.25) is 5.91 Å². The molecule has 0 saturated carbocycles. The molecule has 1 heterocycles. The predicted molar refractivity (Wildman–Crippen MR) is 72.7 cm³/mol.